The van der Waals surface area contributed by atoms with Crippen LogP contribution >= 0.6 is 0 Å². The van der Waals surface area contributed by atoms with E-state index in [-0.39, 0.29) is 11.5 Å². The van der Waals surface area contributed by atoms with Crippen molar-refractivity contribution in [3.8, 4) is 0 Å². The Bertz CT molecular complexity index is 833. The Labute approximate surface area is 155 Å². The van der Waals surface area contributed by atoms with E-state index < -0.39 is 0 Å². The van der Waals surface area contributed by atoms with Crippen LogP contribution in [-0.4, -0.2) is 46.9 Å². The minimum Gasteiger partial charge on any atom is -0.340 e. The number of H-pyrrole nitrogens is 1. The summed E-state index contributed by atoms with van der Waals surface area (Å²) in [5.41, 5.74) is 2.95. The van der Waals surface area contributed by atoms with Gasteiger partial charge in [0.1, 0.15) is 0 Å². The van der Waals surface area contributed by atoms with E-state index >= 15 is 0 Å². The average Bonchev–Trinajstić information content (AvgIpc) is 2.62. The minimum absolute atomic E-state index is 0.0138. The number of nitrogens with one attached hydrogen (secondary N) is 1. The van der Waals surface area contributed by atoms with Gasteiger partial charge in [-0.2, -0.15) is 0 Å². The molecule has 0 atom stereocenters. The van der Waals surface area contributed by atoms with Crippen LogP contribution in [-0.2, 0) is 17.8 Å². The molecule has 1 amide bonds. The molecule has 2 aromatic rings. The van der Waals surface area contributed by atoms with Gasteiger partial charge in [0, 0.05) is 50.2 Å². The van der Waals surface area contributed by atoms with Gasteiger partial charge in [0.15, 0.2) is 0 Å². The molecule has 26 heavy (non-hydrogen) atoms. The number of piperazine rings is 1. The van der Waals surface area contributed by atoms with Gasteiger partial charge in [0.05, 0.1) is 0 Å². The molecule has 1 saturated heterocycles. The van der Waals surface area contributed by atoms with Crippen molar-refractivity contribution < 1.29 is 4.79 Å². The lowest BCUT2D eigenvalue weighted by Crippen LogP contribution is -2.48. The Balaban J connectivity index is 1.67. The van der Waals surface area contributed by atoms with Gasteiger partial charge >= 0.3 is 0 Å². The number of rotatable bonds is 5. The molecule has 0 spiro atoms. The first-order chi connectivity index (χ1) is 12.5. The van der Waals surface area contributed by atoms with Crippen molar-refractivity contribution in [3.05, 3.63) is 45.7 Å². The van der Waals surface area contributed by atoms with Gasteiger partial charge in [-0.3, -0.25) is 14.5 Å². The van der Waals surface area contributed by atoms with E-state index in [0.717, 1.165) is 49.1 Å². The average molecular weight is 355 g/mol. The maximum Gasteiger partial charge on any atom is 0.252 e. The Morgan fingerprint density at radius 1 is 1.15 bits per heavy atom. The zero-order valence-electron chi connectivity index (χ0n) is 16.0. The normalized spacial score (nSPS) is 15.8. The van der Waals surface area contributed by atoms with Crippen molar-refractivity contribution >= 4 is 16.8 Å². The van der Waals surface area contributed by atoms with Gasteiger partial charge in [0.2, 0.25) is 5.91 Å². The first kappa shape index (κ1) is 18.6. The first-order valence-corrected chi connectivity index (χ1v) is 9.61. The number of fused-ring (bicyclic) bond motifs is 1. The van der Waals surface area contributed by atoms with E-state index in [9.17, 15) is 9.59 Å². The highest BCUT2D eigenvalue weighted by Gasteiger charge is 2.22. The van der Waals surface area contributed by atoms with Crippen molar-refractivity contribution in [2.45, 2.75) is 40.2 Å². The van der Waals surface area contributed by atoms with Crippen LogP contribution in [0.15, 0.2) is 29.1 Å². The Kier molecular flexibility index (Phi) is 5.77. The molecule has 1 fully saturated rings. The summed E-state index contributed by atoms with van der Waals surface area (Å²) in [6.45, 7) is 10.0. The summed E-state index contributed by atoms with van der Waals surface area (Å²) in [6, 6.07) is 8.21. The fourth-order valence-electron chi connectivity index (χ4n) is 3.51. The predicted octanol–water partition coefficient (Wildman–Crippen LogP) is 2.78. The summed E-state index contributed by atoms with van der Waals surface area (Å²) in [5, 5.41) is 1.09. The van der Waals surface area contributed by atoms with E-state index in [4.69, 9.17) is 0 Å². The van der Waals surface area contributed by atoms with Crippen LogP contribution in [0.3, 0.4) is 0 Å². The molecule has 0 radical (unpaired) electrons. The van der Waals surface area contributed by atoms with E-state index in [2.05, 4.69) is 42.8 Å². The molecule has 1 aliphatic heterocycles. The topological polar surface area (TPSA) is 56.4 Å². The zero-order valence-corrected chi connectivity index (χ0v) is 16.0. The molecule has 1 N–H and O–H groups in total. The zero-order chi connectivity index (χ0) is 18.7. The highest BCUT2D eigenvalue weighted by Crippen LogP contribution is 2.16. The molecule has 1 aromatic carbocycles. The minimum atomic E-state index is -0.0138. The number of nitrogens with zero attached hydrogens (tertiary/aromatic N) is 2. The molecule has 2 heterocycles. The fourth-order valence-corrected chi connectivity index (χ4v) is 3.51. The highest BCUT2D eigenvalue weighted by molar-refractivity contribution is 5.79. The molecule has 1 aliphatic rings. The maximum absolute atomic E-state index is 12.4. The second kappa shape index (κ2) is 8.04. The molecule has 0 unspecified atom stereocenters. The van der Waals surface area contributed by atoms with Crippen LogP contribution in [0, 0.1) is 5.92 Å². The van der Waals surface area contributed by atoms with E-state index in [1.807, 2.05) is 17.0 Å². The first-order valence-electron chi connectivity index (χ1n) is 9.61. The number of aromatic nitrogens is 1. The molecule has 5 heteroatoms. The van der Waals surface area contributed by atoms with Crippen LogP contribution in [0.5, 0.6) is 0 Å². The number of aryl methyl sites for hydroxylation is 1. The van der Waals surface area contributed by atoms with Crippen LogP contribution < -0.4 is 5.56 Å². The summed E-state index contributed by atoms with van der Waals surface area (Å²) in [7, 11) is 0. The van der Waals surface area contributed by atoms with Crippen LogP contribution in [0.1, 0.15) is 38.3 Å². The number of aromatic amines is 1. The van der Waals surface area contributed by atoms with Crippen molar-refractivity contribution in [3.63, 3.8) is 0 Å². The van der Waals surface area contributed by atoms with E-state index in [1.165, 1.54) is 5.56 Å². The molecule has 0 aliphatic carbocycles. The summed E-state index contributed by atoms with van der Waals surface area (Å²) >= 11 is 0. The van der Waals surface area contributed by atoms with Gasteiger partial charge in [-0.05, 0) is 41.5 Å². The molecule has 0 saturated carbocycles. The van der Waals surface area contributed by atoms with Crippen molar-refractivity contribution in [1.82, 2.24) is 14.8 Å². The quantitative estimate of drug-likeness (QED) is 0.897. The standard InChI is InChI=1S/C21H29N3O2/c1-4-16-5-6-19-17(12-16)13-18(21(26)22-19)14-23-7-9-24(10-8-23)20(25)11-15(2)3/h5-6,12-13,15H,4,7-11,14H2,1-3H3,(H,22,26). The van der Waals surface area contributed by atoms with Crippen LogP contribution in [0.25, 0.3) is 10.9 Å². The second-order valence-corrected chi connectivity index (χ2v) is 7.65. The third-order valence-electron chi connectivity index (χ3n) is 5.10. The van der Waals surface area contributed by atoms with E-state index in [0.29, 0.717) is 18.9 Å². The number of carbonyl (C=O) groups is 1. The number of benzene rings is 1. The maximum atomic E-state index is 12.4. The molecular formula is C21H29N3O2. The van der Waals surface area contributed by atoms with Crippen molar-refractivity contribution in [1.29, 1.82) is 0 Å². The number of carbonyl (C=O) groups excluding carboxylic acids is 1. The summed E-state index contributed by atoms with van der Waals surface area (Å²) < 4.78 is 0. The SMILES string of the molecule is CCc1ccc2[nH]c(=O)c(CN3CCN(C(=O)CC(C)C)CC3)cc2c1. The van der Waals surface area contributed by atoms with Gasteiger partial charge < -0.3 is 9.88 Å². The van der Waals surface area contributed by atoms with Crippen LogP contribution in [0.4, 0.5) is 0 Å². The third kappa shape index (κ3) is 4.33. The summed E-state index contributed by atoms with van der Waals surface area (Å²) in [5.74, 6) is 0.639. The second-order valence-electron chi connectivity index (χ2n) is 7.65. The van der Waals surface area contributed by atoms with Gasteiger partial charge in [-0.25, -0.2) is 0 Å². The fraction of sp³-hybridized carbons (Fsp3) is 0.524. The number of hydrogen-bond donors (Lipinski definition) is 1. The Hall–Kier alpha value is -2.14. The van der Waals surface area contributed by atoms with Gasteiger partial charge in [0.25, 0.3) is 5.56 Å². The summed E-state index contributed by atoms with van der Waals surface area (Å²) in [4.78, 5) is 31.8. The largest absolute Gasteiger partial charge is 0.340 e. The number of hydrogen-bond acceptors (Lipinski definition) is 3. The Morgan fingerprint density at radius 2 is 1.88 bits per heavy atom. The monoisotopic (exact) mass is 355 g/mol. The number of pyridine rings is 1. The van der Waals surface area contributed by atoms with E-state index in [1.54, 1.807) is 0 Å². The van der Waals surface area contributed by atoms with Gasteiger partial charge in [-0.1, -0.05) is 26.8 Å². The lowest BCUT2D eigenvalue weighted by Gasteiger charge is -2.35. The van der Waals surface area contributed by atoms with Crippen molar-refractivity contribution in [2.75, 3.05) is 26.2 Å². The summed E-state index contributed by atoms with van der Waals surface area (Å²) in [6.07, 6.45) is 1.60. The Morgan fingerprint density at radius 3 is 2.54 bits per heavy atom. The van der Waals surface area contributed by atoms with Gasteiger partial charge in [-0.15, -0.1) is 0 Å². The lowest BCUT2D eigenvalue weighted by molar-refractivity contribution is -0.133. The molecule has 140 valence electrons. The highest BCUT2D eigenvalue weighted by atomic mass is 16.2. The van der Waals surface area contributed by atoms with Crippen molar-refractivity contribution in [2.24, 2.45) is 5.92 Å². The molecule has 1 aromatic heterocycles. The molecule has 3 rings (SSSR count). The molecule has 5 nitrogen and oxygen atoms in total. The predicted molar refractivity (Wildman–Crippen MR) is 105 cm³/mol. The smallest absolute Gasteiger partial charge is 0.252 e. The third-order valence-corrected chi connectivity index (χ3v) is 5.10. The molecule has 0 bridgehead atoms. The number of amides is 1. The molecular weight excluding hydrogens is 326 g/mol. The lowest BCUT2D eigenvalue weighted by atomic mass is 10.1. The van der Waals surface area contributed by atoms with Crippen LogP contribution in [0.2, 0.25) is 0 Å².